The number of hydrogen-bond acceptors (Lipinski definition) is 3. The van der Waals surface area contributed by atoms with Crippen molar-refractivity contribution in [3.63, 3.8) is 0 Å². The average molecular weight is 479 g/mol. The third kappa shape index (κ3) is 6.62. The van der Waals surface area contributed by atoms with Gasteiger partial charge in [0, 0.05) is 5.56 Å². The van der Waals surface area contributed by atoms with Crippen molar-refractivity contribution in [2.75, 3.05) is 7.11 Å². The van der Waals surface area contributed by atoms with E-state index in [9.17, 15) is 14.3 Å². The molecule has 0 aromatic heterocycles. The van der Waals surface area contributed by atoms with Crippen molar-refractivity contribution in [1.29, 1.82) is 0 Å². The first kappa shape index (κ1) is 26.3. The molecule has 0 saturated heterocycles. The van der Waals surface area contributed by atoms with Gasteiger partial charge < -0.3 is 14.6 Å². The van der Waals surface area contributed by atoms with E-state index in [-0.39, 0.29) is 29.5 Å². The van der Waals surface area contributed by atoms with Crippen molar-refractivity contribution in [1.82, 2.24) is 0 Å². The summed E-state index contributed by atoms with van der Waals surface area (Å²) in [7, 11) is 1.57. The van der Waals surface area contributed by atoms with E-state index in [1.54, 1.807) is 19.2 Å². The number of carboxylic acid groups (broad SMARTS) is 1. The third-order valence-corrected chi connectivity index (χ3v) is 6.25. The van der Waals surface area contributed by atoms with Crippen molar-refractivity contribution < 1.29 is 23.8 Å². The van der Waals surface area contributed by atoms with Gasteiger partial charge in [-0.15, -0.1) is 0 Å². The zero-order valence-corrected chi connectivity index (χ0v) is 21.4. The number of aliphatic carboxylic acids is 1. The molecule has 3 rings (SSSR count). The highest BCUT2D eigenvalue weighted by Crippen LogP contribution is 2.37. The Bertz CT molecular complexity index is 1180. The molecule has 0 aliphatic carbocycles. The van der Waals surface area contributed by atoms with Gasteiger partial charge in [-0.05, 0) is 69.8 Å². The number of methoxy groups -OCH3 is 1. The lowest BCUT2D eigenvalue weighted by molar-refractivity contribution is -0.137. The van der Waals surface area contributed by atoms with Crippen LogP contribution in [-0.2, 0) is 16.8 Å². The van der Waals surface area contributed by atoms with Gasteiger partial charge in [0.25, 0.3) is 0 Å². The quantitative estimate of drug-likeness (QED) is 0.344. The number of carboxylic acids is 1. The number of carbonyl (C=O) groups is 1. The first-order chi connectivity index (χ1) is 16.5. The molecule has 0 bridgehead atoms. The minimum absolute atomic E-state index is 0.0817. The number of hydrogen-bond donors (Lipinski definition) is 1. The number of halogens is 1. The summed E-state index contributed by atoms with van der Waals surface area (Å²) in [4.78, 5) is 11.3. The van der Waals surface area contributed by atoms with Crippen LogP contribution in [-0.4, -0.2) is 18.2 Å². The molecule has 3 aromatic rings. The van der Waals surface area contributed by atoms with Gasteiger partial charge in [-0.3, -0.25) is 4.79 Å². The molecule has 1 N–H and O–H groups in total. The molecule has 0 fully saturated rings. The van der Waals surface area contributed by atoms with Crippen molar-refractivity contribution in [3.05, 3.63) is 83.2 Å². The van der Waals surface area contributed by atoms with Gasteiger partial charge in [-0.25, -0.2) is 4.39 Å². The highest BCUT2D eigenvalue weighted by atomic mass is 19.1. The van der Waals surface area contributed by atoms with Gasteiger partial charge in [0.1, 0.15) is 23.9 Å². The van der Waals surface area contributed by atoms with Crippen LogP contribution in [0, 0.1) is 11.7 Å². The molecule has 1 atom stereocenters. The first-order valence-electron chi connectivity index (χ1n) is 11.9. The monoisotopic (exact) mass is 478 g/mol. The maximum atomic E-state index is 14.8. The zero-order chi connectivity index (χ0) is 25.8. The van der Waals surface area contributed by atoms with Gasteiger partial charge >= 0.3 is 5.97 Å². The fourth-order valence-corrected chi connectivity index (χ4v) is 4.30. The van der Waals surface area contributed by atoms with Crippen LogP contribution >= 0.6 is 0 Å². The first-order valence-corrected chi connectivity index (χ1v) is 11.9. The van der Waals surface area contributed by atoms with E-state index in [0.717, 1.165) is 22.3 Å². The lowest BCUT2D eigenvalue weighted by Crippen LogP contribution is -2.14. The van der Waals surface area contributed by atoms with E-state index in [2.05, 4.69) is 26.8 Å². The summed E-state index contributed by atoms with van der Waals surface area (Å²) in [6.07, 6.45) is 0.0817. The van der Waals surface area contributed by atoms with E-state index in [1.807, 2.05) is 50.2 Å². The molecule has 0 aliphatic heterocycles. The van der Waals surface area contributed by atoms with Crippen molar-refractivity contribution >= 4 is 5.97 Å². The Morgan fingerprint density at radius 3 is 2.34 bits per heavy atom. The molecule has 0 aliphatic rings. The molecule has 35 heavy (non-hydrogen) atoms. The summed E-state index contributed by atoms with van der Waals surface area (Å²) >= 11 is 0. The number of benzene rings is 3. The SMILES string of the molecule is COc1ccc(F)c(-c2ccc(COc3cccc([C@H](CC(=O)O)C(C)C)c3)cc2C(C)(C)C)c1. The maximum Gasteiger partial charge on any atom is 0.303 e. The van der Waals surface area contributed by atoms with E-state index in [0.29, 0.717) is 23.7 Å². The van der Waals surface area contributed by atoms with E-state index in [1.165, 1.54) is 6.07 Å². The second-order valence-corrected chi connectivity index (χ2v) is 10.3. The summed E-state index contributed by atoms with van der Waals surface area (Å²) in [6, 6.07) is 18.4. The van der Waals surface area contributed by atoms with Crippen LogP contribution in [0.5, 0.6) is 11.5 Å². The Morgan fingerprint density at radius 2 is 1.71 bits per heavy atom. The molecule has 3 aromatic carbocycles. The molecule has 4 nitrogen and oxygen atoms in total. The number of rotatable bonds is 9. The molecule has 0 spiro atoms. The average Bonchev–Trinajstić information content (AvgIpc) is 2.81. The Hall–Kier alpha value is -3.34. The van der Waals surface area contributed by atoms with Crippen LogP contribution in [0.4, 0.5) is 4.39 Å². The molecular weight excluding hydrogens is 443 g/mol. The second kappa shape index (κ2) is 10.9. The highest BCUT2D eigenvalue weighted by molar-refractivity contribution is 5.71. The molecule has 0 heterocycles. The highest BCUT2D eigenvalue weighted by Gasteiger charge is 2.22. The Balaban J connectivity index is 1.88. The zero-order valence-electron chi connectivity index (χ0n) is 21.4. The van der Waals surface area contributed by atoms with Gasteiger partial charge in [0.15, 0.2) is 0 Å². The van der Waals surface area contributed by atoms with E-state index in [4.69, 9.17) is 9.47 Å². The van der Waals surface area contributed by atoms with Crippen molar-refractivity contribution in [2.24, 2.45) is 5.92 Å². The minimum atomic E-state index is -0.808. The fourth-order valence-electron chi connectivity index (χ4n) is 4.30. The second-order valence-electron chi connectivity index (χ2n) is 10.3. The maximum absolute atomic E-state index is 14.8. The summed E-state index contributed by atoms with van der Waals surface area (Å²) in [5.74, 6) is 0.311. The van der Waals surface area contributed by atoms with Gasteiger partial charge in [0.05, 0.1) is 13.5 Å². The van der Waals surface area contributed by atoms with E-state index < -0.39 is 5.97 Å². The van der Waals surface area contributed by atoms with E-state index >= 15 is 0 Å². The van der Waals surface area contributed by atoms with Crippen LogP contribution < -0.4 is 9.47 Å². The van der Waals surface area contributed by atoms with Crippen molar-refractivity contribution in [2.45, 2.75) is 59.0 Å². The predicted octanol–water partition coefficient (Wildman–Crippen LogP) is 7.59. The third-order valence-electron chi connectivity index (χ3n) is 6.25. The van der Waals surface area contributed by atoms with Crippen LogP contribution in [0.15, 0.2) is 60.7 Å². The fraction of sp³-hybridized carbons (Fsp3) is 0.367. The predicted molar refractivity (Wildman–Crippen MR) is 138 cm³/mol. The lowest BCUT2D eigenvalue weighted by Gasteiger charge is -2.25. The minimum Gasteiger partial charge on any atom is -0.497 e. The molecule has 0 saturated carbocycles. The standard InChI is InChI=1S/C30H35FO4/c1-19(2)25(17-29(32)33)21-8-7-9-23(15-21)35-18-20-10-12-24(27(14-20)30(3,4)5)26-16-22(34-6)11-13-28(26)31/h7-16,19,25H,17-18H2,1-6H3,(H,32,33)/t25-/m1/s1. The smallest absolute Gasteiger partial charge is 0.303 e. The summed E-state index contributed by atoms with van der Waals surface area (Å²) in [6.45, 7) is 10.7. The van der Waals surface area contributed by atoms with Crippen LogP contribution in [0.2, 0.25) is 0 Å². The molecule has 5 heteroatoms. The molecule has 0 unspecified atom stereocenters. The summed E-state index contributed by atoms with van der Waals surface area (Å²) < 4.78 is 26.2. The normalized spacial score (nSPS) is 12.5. The van der Waals surface area contributed by atoms with Gasteiger partial charge in [-0.1, -0.05) is 65.0 Å². The van der Waals surface area contributed by atoms with Crippen LogP contribution in [0.3, 0.4) is 0 Å². The van der Waals surface area contributed by atoms with Crippen molar-refractivity contribution in [3.8, 4) is 22.6 Å². The Labute approximate surface area is 207 Å². The molecule has 0 radical (unpaired) electrons. The van der Waals surface area contributed by atoms with Gasteiger partial charge in [-0.2, -0.15) is 0 Å². The summed E-state index contributed by atoms with van der Waals surface area (Å²) in [5.41, 5.74) is 4.06. The molecular formula is C30H35FO4. The molecule has 0 amide bonds. The van der Waals surface area contributed by atoms with Crippen LogP contribution in [0.1, 0.15) is 63.6 Å². The number of ether oxygens (including phenoxy) is 2. The Kier molecular flexibility index (Phi) is 8.21. The van der Waals surface area contributed by atoms with Crippen LogP contribution in [0.25, 0.3) is 11.1 Å². The van der Waals surface area contributed by atoms with Gasteiger partial charge in [0.2, 0.25) is 0 Å². The topological polar surface area (TPSA) is 55.8 Å². The lowest BCUT2D eigenvalue weighted by atomic mass is 9.81. The Morgan fingerprint density at radius 1 is 0.971 bits per heavy atom. The summed E-state index contributed by atoms with van der Waals surface area (Å²) in [5, 5.41) is 9.30. The largest absolute Gasteiger partial charge is 0.497 e. The molecule has 186 valence electrons.